The molecule has 2 rings (SSSR count). The maximum absolute atomic E-state index is 5.78. The number of pyridine rings is 1. The molecule has 0 aliphatic heterocycles. The summed E-state index contributed by atoms with van der Waals surface area (Å²) in [6, 6.07) is 2.17. The van der Waals surface area contributed by atoms with Crippen LogP contribution < -0.4 is 11.1 Å². The first-order valence-electron chi connectivity index (χ1n) is 4.84. The number of rotatable bonds is 3. The van der Waals surface area contributed by atoms with E-state index in [0.29, 0.717) is 16.8 Å². The van der Waals surface area contributed by atoms with Crippen LogP contribution in [0.3, 0.4) is 0 Å². The van der Waals surface area contributed by atoms with E-state index in [4.69, 9.17) is 17.3 Å². The molecule has 1 aliphatic carbocycles. The summed E-state index contributed by atoms with van der Waals surface area (Å²) < 4.78 is 0. The van der Waals surface area contributed by atoms with Gasteiger partial charge in [0.2, 0.25) is 0 Å². The Hall–Kier alpha value is -0.960. The van der Waals surface area contributed by atoms with Gasteiger partial charge in [-0.15, -0.1) is 0 Å². The Bertz CT molecular complexity index is 336. The zero-order chi connectivity index (χ0) is 10.1. The lowest BCUT2D eigenvalue weighted by Gasteiger charge is -2.14. The van der Waals surface area contributed by atoms with Crippen molar-refractivity contribution >= 4 is 23.1 Å². The molecule has 4 heteroatoms. The third-order valence-corrected chi connectivity index (χ3v) is 2.78. The second kappa shape index (κ2) is 3.65. The second-order valence-electron chi connectivity index (χ2n) is 3.86. The molecule has 14 heavy (non-hydrogen) atoms. The zero-order valence-corrected chi connectivity index (χ0v) is 8.88. The number of aromatic nitrogens is 1. The van der Waals surface area contributed by atoms with E-state index in [1.165, 1.54) is 12.8 Å². The number of nitrogen functional groups attached to an aromatic ring is 1. The molecule has 1 aliphatic rings. The van der Waals surface area contributed by atoms with Crippen molar-refractivity contribution in [3.63, 3.8) is 0 Å². The predicted molar refractivity (Wildman–Crippen MR) is 59.5 cm³/mol. The highest BCUT2D eigenvalue weighted by Crippen LogP contribution is 2.34. The van der Waals surface area contributed by atoms with E-state index in [-0.39, 0.29) is 0 Å². The second-order valence-corrected chi connectivity index (χ2v) is 4.30. The Kier molecular flexibility index (Phi) is 2.50. The van der Waals surface area contributed by atoms with E-state index in [1.807, 2.05) is 0 Å². The van der Waals surface area contributed by atoms with Crippen molar-refractivity contribution in [2.75, 3.05) is 11.1 Å². The van der Waals surface area contributed by atoms with Gasteiger partial charge in [-0.2, -0.15) is 0 Å². The molecule has 0 amide bonds. The summed E-state index contributed by atoms with van der Waals surface area (Å²) in [6.45, 7) is 2.16. The summed E-state index contributed by atoms with van der Waals surface area (Å²) in [7, 11) is 0. The third kappa shape index (κ3) is 2.10. The summed E-state index contributed by atoms with van der Waals surface area (Å²) in [5.41, 5.74) is 6.40. The Balaban J connectivity index is 2.07. The van der Waals surface area contributed by atoms with Gasteiger partial charge in [0.25, 0.3) is 0 Å². The van der Waals surface area contributed by atoms with Crippen LogP contribution in [0.25, 0.3) is 0 Å². The number of hydrogen-bond donors (Lipinski definition) is 2. The molecule has 3 nitrogen and oxygen atoms in total. The average molecular weight is 212 g/mol. The molecule has 1 fully saturated rings. The van der Waals surface area contributed by atoms with Crippen LogP contribution in [0.4, 0.5) is 11.5 Å². The highest BCUT2D eigenvalue weighted by molar-refractivity contribution is 6.30. The molecule has 1 aromatic heterocycles. The van der Waals surface area contributed by atoms with Crippen LogP contribution in [0.1, 0.15) is 19.8 Å². The number of anilines is 2. The Labute approximate surface area is 88.7 Å². The van der Waals surface area contributed by atoms with Gasteiger partial charge in [0.15, 0.2) is 0 Å². The van der Waals surface area contributed by atoms with Gasteiger partial charge in [0.1, 0.15) is 5.82 Å². The van der Waals surface area contributed by atoms with Crippen LogP contribution in [-0.2, 0) is 0 Å². The molecule has 0 aromatic carbocycles. The van der Waals surface area contributed by atoms with Gasteiger partial charge in [0.05, 0.1) is 10.7 Å². The molecule has 1 saturated carbocycles. The minimum atomic E-state index is 0.450. The highest BCUT2D eigenvalue weighted by atomic mass is 35.5. The summed E-state index contributed by atoms with van der Waals surface area (Å²) in [6.07, 6.45) is 4.23. The summed E-state index contributed by atoms with van der Waals surface area (Å²) in [5, 5.41) is 3.88. The van der Waals surface area contributed by atoms with Crippen LogP contribution in [0.15, 0.2) is 12.3 Å². The molecule has 3 N–H and O–H groups in total. The Morgan fingerprint density at radius 2 is 2.36 bits per heavy atom. The highest BCUT2D eigenvalue weighted by Gasteiger charge is 2.28. The van der Waals surface area contributed by atoms with Crippen LogP contribution in [0.5, 0.6) is 0 Å². The largest absolute Gasteiger partial charge is 0.396 e. The van der Waals surface area contributed by atoms with Crippen molar-refractivity contribution in [3.8, 4) is 0 Å². The first kappa shape index (κ1) is 9.59. The van der Waals surface area contributed by atoms with E-state index < -0.39 is 0 Å². The first-order chi connectivity index (χ1) is 6.66. The van der Waals surface area contributed by atoms with Gasteiger partial charge in [-0.25, -0.2) is 4.98 Å². The minimum Gasteiger partial charge on any atom is -0.396 e. The number of halogens is 1. The van der Waals surface area contributed by atoms with Gasteiger partial charge in [-0.1, -0.05) is 11.6 Å². The normalized spacial score (nSPS) is 17.9. The third-order valence-electron chi connectivity index (χ3n) is 2.58. The Morgan fingerprint density at radius 3 is 2.93 bits per heavy atom. The van der Waals surface area contributed by atoms with Crippen molar-refractivity contribution in [2.24, 2.45) is 5.92 Å². The molecule has 1 heterocycles. The van der Waals surface area contributed by atoms with Crippen LogP contribution in [0, 0.1) is 5.92 Å². The van der Waals surface area contributed by atoms with Crippen molar-refractivity contribution in [3.05, 3.63) is 17.3 Å². The molecule has 0 radical (unpaired) electrons. The van der Waals surface area contributed by atoms with Gasteiger partial charge in [-0.05, 0) is 31.7 Å². The average Bonchev–Trinajstić information content (AvgIpc) is 2.92. The van der Waals surface area contributed by atoms with Gasteiger partial charge < -0.3 is 11.1 Å². The van der Waals surface area contributed by atoms with Crippen LogP contribution in [-0.4, -0.2) is 11.0 Å². The fourth-order valence-electron chi connectivity index (χ4n) is 1.51. The number of nitrogens with one attached hydrogen (secondary N) is 1. The maximum Gasteiger partial charge on any atom is 0.149 e. The van der Waals surface area contributed by atoms with Crippen molar-refractivity contribution in [1.82, 2.24) is 4.98 Å². The fraction of sp³-hybridized carbons (Fsp3) is 0.500. The van der Waals surface area contributed by atoms with Crippen LogP contribution >= 0.6 is 11.6 Å². The fourth-order valence-corrected chi connectivity index (χ4v) is 1.67. The van der Waals surface area contributed by atoms with Crippen molar-refractivity contribution < 1.29 is 0 Å². The minimum absolute atomic E-state index is 0.450. The molecule has 0 saturated heterocycles. The van der Waals surface area contributed by atoms with Crippen molar-refractivity contribution in [2.45, 2.75) is 25.8 Å². The van der Waals surface area contributed by atoms with Crippen molar-refractivity contribution in [1.29, 1.82) is 0 Å². The number of hydrogen-bond acceptors (Lipinski definition) is 3. The number of nitrogens with two attached hydrogens (primary N) is 1. The van der Waals surface area contributed by atoms with Gasteiger partial charge in [0, 0.05) is 12.2 Å². The van der Waals surface area contributed by atoms with Gasteiger partial charge >= 0.3 is 0 Å². The van der Waals surface area contributed by atoms with E-state index in [9.17, 15) is 0 Å². The predicted octanol–water partition coefficient (Wildman–Crippen LogP) is 2.53. The molecule has 0 spiro atoms. The van der Waals surface area contributed by atoms with E-state index in [1.54, 1.807) is 12.3 Å². The molecule has 0 bridgehead atoms. The molecule has 1 aromatic rings. The monoisotopic (exact) mass is 211 g/mol. The summed E-state index contributed by atoms with van der Waals surface area (Å²) in [4.78, 5) is 4.16. The molecule has 1 unspecified atom stereocenters. The summed E-state index contributed by atoms with van der Waals surface area (Å²) >= 11 is 5.76. The van der Waals surface area contributed by atoms with Crippen LogP contribution in [0.2, 0.25) is 5.02 Å². The zero-order valence-electron chi connectivity index (χ0n) is 8.13. The maximum atomic E-state index is 5.78. The molecular formula is C10H14ClN3. The Morgan fingerprint density at radius 1 is 1.64 bits per heavy atom. The van der Waals surface area contributed by atoms with E-state index in [2.05, 4.69) is 17.2 Å². The van der Waals surface area contributed by atoms with E-state index >= 15 is 0 Å². The molecule has 1 atom stereocenters. The topological polar surface area (TPSA) is 50.9 Å². The smallest absolute Gasteiger partial charge is 0.149 e. The SMILES string of the molecule is CC(Nc1ncc(Cl)cc1N)C1CC1. The number of nitrogens with zero attached hydrogens (tertiary/aromatic N) is 1. The lowest BCUT2D eigenvalue weighted by molar-refractivity contribution is 0.691. The molecule has 76 valence electrons. The quantitative estimate of drug-likeness (QED) is 0.808. The first-order valence-corrected chi connectivity index (χ1v) is 5.22. The standard InChI is InChI=1S/C10H14ClN3/c1-6(7-2-3-7)14-10-9(12)4-8(11)5-13-10/h4-7H,2-3,12H2,1H3,(H,13,14). The lowest BCUT2D eigenvalue weighted by atomic mass is 10.2. The van der Waals surface area contributed by atoms with E-state index in [0.717, 1.165) is 11.7 Å². The lowest BCUT2D eigenvalue weighted by Crippen LogP contribution is -2.19. The molecular weight excluding hydrogens is 198 g/mol. The van der Waals surface area contributed by atoms with Gasteiger partial charge in [-0.3, -0.25) is 0 Å². The summed E-state index contributed by atoms with van der Waals surface area (Å²) in [5.74, 6) is 1.53.